The number of rotatable bonds is 16. The number of hydrogen-bond acceptors (Lipinski definition) is 2. The molecule has 0 fully saturated rings. The lowest BCUT2D eigenvalue weighted by atomic mass is 9.88. The Morgan fingerprint density at radius 3 is 1.24 bits per heavy atom. The third-order valence-corrected chi connectivity index (χ3v) is 8.19. The Morgan fingerprint density at radius 2 is 0.881 bits per heavy atom. The Labute approximate surface area is 254 Å². The molecule has 0 saturated heterocycles. The monoisotopic (exact) mass is 560 g/mol. The van der Waals surface area contributed by atoms with E-state index in [-0.39, 0.29) is 0 Å². The van der Waals surface area contributed by atoms with Crippen molar-refractivity contribution in [2.24, 2.45) is 0 Å². The van der Waals surface area contributed by atoms with Crippen LogP contribution in [-0.4, -0.2) is 14.2 Å². The number of unbranched alkanes of at least 4 members (excludes halogenated alkanes) is 6. The predicted molar refractivity (Wildman–Crippen MR) is 183 cm³/mol. The van der Waals surface area contributed by atoms with Gasteiger partial charge < -0.3 is 9.47 Å². The maximum absolute atomic E-state index is 5.40. The number of ether oxygens (including phenoxy) is 2. The Bertz CT molecular complexity index is 1330. The molecule has 4 rings (SSSR count). The maximum Gasteiger partial charge on any atom is 0.0831 e. The van der Waals surface area contributed by atoms with Gasteiger partial charge in [-0.05, 0) is 93.1 Å². The molecule has 0 aliphatic heterocycles. The van der Waals surface area contributed by atoms with Gasteiger partial charge in [0, 0.05) is 0 Å². The third kappa shape index (κ3) is 8.16. The molecule has 0 saturated carbocycles. The summed E-state index contributed by atoms with van der Waals surface area (Å²) in [5.41, 5.74) is 9.99. The third-order valence-electron chi connectivity index (χ3n) is 8.19. The van der Waals surface area contributed by atoms with Crippen molar-refractivity contribution >= 4 is 22.9 Å². The number of methoxy groups -OCH3 is 2. The molecule has 4 aromatic rings. The average molecular weight is 561 g/mol. The van der Waals surface area contributed by atoms with Crippen molar-refractivity contribution in [2.45, 2.75) is 78.1 Å². The van der Waals surface area contributed by atoms with Crippen LogP contribution in [0.15, 0.2) is 85.3 Å². The minimum absolute atomic E-state index is 1.15. The second-order valence-electron chi connectivity index (χ2n) is 11.2. The van der Waals surface area contributed by atoms with Crippen molar-refractivity contribution in [1.82, 2.24) is 0 Å². The molecule has 2 heteroatoms. The molecule has 0 unspecified atom stereocenters. The molecule has 0 amide bonds. The van der Waals surface area contributed by atoms with Crippen LogP contribution >= 0.6 is 0 Å². The van der Waals surface area contributed by atoms with Crippen LogP contribution in [0.3, 0.4) is 0 Å². The lowest BCUT2D eigenvalue weighted by Crippen LogP contribution is -1.93. The fourth-order valence-electron chi connectivity index (χ4n) is 5.80. The zero-order chi connectivity index (χ0) is 29.6. The van der Waals surface area contributed by atoms with Gasteiger partial charge in [-0.2, -0.15) is 0 Å². The number of benzene rings is 4. The summed E-state index contributed by atoms with van der Waals surface area (Å²) in [6.07, 6.45) is 20.3. The maximum atomic E-state index is 5.40. The first-order chi connectivity index (χ1) is 20.7. The highest BCUT2D eigenvalue weighted by atomic mass is 16.5. The zero-order valence-electron chi connectivity index (χ0n) is 26.1. The van der Waals surface area contributed by atoms with E-state index in [1.54, 1.807) is 26.7 Å². The van der Waals surface area contributed by atoms with Crippen LogP contribution in [0.25, 0.3) is 45.2 Å². The fourth-order valence-corrected chi connectivity index (χ4v) is 5.80. The molecule has 0 heterocycles. The van der Waals surface area contributed by atoms with Crippen LogP contribution < -0.4 is 0 Å². The van der Waals surface area contributed by atoms with Crippen molar-refractivity contribution in [3.8, 4) is 22.3 Å². The molecule has 0 atom stereocenters. The molecule has 2 nitrogen and oxygen atoms in total. The average Bonchev–Trinajstić information content (AvgIpc) is 3.03. The van der Waals surface area contributed by atoms with Crippen LogP contribution in [0.1, 0.15) is 87.5 Å². The van der Waals surface area contributed by atoms with Crippen molar-refractivity contribution in [2.75, 3.05) is 14.2 Å². The van der Waals surface area contributed by atoms with E-state index in [1.165, 1.54) is 95.5 Å². The molecular formula is C40H48O2. The van der Waals surface area contributed by atoms with Gasteiger partial charge in [0.05, 0.1) is 26.7 Å². The minimum Gasteiger partial charge on any atom is -0.504 e. The van der Waals surface area contributed by atoms with Crippen LogP contribution in [0.2, 0.25) is 0 Å². The molecule has 0 spiro atoms. The van der Waals surface area contributed by atoms with E-state index in [4.69, 9.17) is 9.47 Å². The molecule has 42 heavy (non-hydrogen) atoms. The first-order valence-electron chi connectivity index (χ1n) is 15.9. The van der Waals surface area contributed by atoms with Crippen LogP contribution in [-0.2, 0) is 22.3 Å². The molecule has 220 valence electrons. The second-order valence-corrected chi connectivity index (χ2v) is 11.2. The van der Waals surface area contributed by atoms with Gasteiger partial charge in [0.2, 0.25) is 0 Å². The molecular weight excluding hydrogens is 512 g/mol. The number of aryl methyl sites for hydroxylation is 2. The highest BCUT2D eigenvalue weighted by Gasteiger charge is 2.14. The Balaban J connectivity index is 1.72. The zero-order valence-corrected chi connectivity index (χ0v) is 26.1. The number of hydrogen-bond donors (Lipinski definition) is 0. The Kier molecular flexibility index (Phi) is 12.3. The largest absolute Gasteiger partial charge is 0.504 e. The summed E-state index contributed by atoms with van der Waals surface area (Å²) in [6.45, 7) is 4.53. The van der Waals surface area contributed by atoms with Gasteiger partial charge in [-0.25, -0.2) is 0 Å². The molecule has 0 radical (unpaired) electrons. The smallest absolute Gasteiger partial charge is 0.0831 e. The lowest BCUT2D eigenvalue weighted by molar-refractivity contribution is 0.341. The van der Waals surface area contributed by atoms with Gasteiger partial charge in [0.25, 0.3) is 0 Å². The van der Waals surface area contributed by atoms with Gasteiger partial charge in [0.1, 0.15) is 0 Å². The van der Waals surface area contributed by atoms with Crippen LogP contribution in [0, 0.1) is 0 Å². The van der Waals surface area contributed by atoms with E-state index in [1.807, 2.05) is 0 Å². The molecule has 0 aromatic heterocycles. The fraction of sp³-hybridized carbons (Fsp3) is 0.350. The van der Waals surface area contributed by atoms with Crippen molar-refractivity contribution in [3.05, 3.63) is 108 Å². The minimum atomic E-state index is 1.15. The van der Waals surface area contributed by atoms with Gasteiger partial charge in [-0.15, -0.1) is 0 Å². The predicted octanol–water partition coefficient (Wildman–Crippen LogP) is 11.7. The quantitative estimate of drug-likeness (QED) is 0.100. The van der Waals surface area contributed by atoms with E-state index >= 15 is 0 Å². The van der Waals surface area contributed by atoms with E-state index in [0.29, 0.717) is 0 Å². The summed E-state index contributed by atoms with van der Waals surface area (Å²) in [5.74, 6) is 0. The van der Waals surface area contributed by atoms with E-state index < -0.39 is 0 Å². The first-order valence-corrected chi connectivity index (χ1v) is 15.9. The van der Waals surface area contributed by atoms with Gasteiger partial charge >= 0.3 is 0 Å². The Hall–Kier alpha value is -3.78. The van der Waals surface area contributed by atoms with E-state index in [9.17, 15) is 0 Å². The SMILES string of the molecule is CCCCCCc1ccc(-c2ccc3c(/C=C/OC)c(-c4ccc(CCCCCC)cc4)ccc3c2/C=C/OC)cc1. The van der Waals surface area contributed by atoms with Gasteiger partial charge in [-0.1, -0.05) is 125 Å². The molecule has 0 aliphatic carbocycles. The lowest BCUT2D eigenvalue weighted by Gasteiger charge is -2.16. The molecule has 4 aromatic carbocycles. The van der Waals surface area contributed by atoms with Crippen molar-refractivity contribution in [1.29, 1.82) is 0 Å². The highest BCUT2D eigenvalue weighted by molar-refractivity contribution is 6.04. The standard InChI is InChI=1S/C40H48O2/c1-5-7-9-11-13-31-15-19-33(20-16-31)35-23-25-38-37(39(35)27-29-41-3)26-24-36(40(38)28-30-42-4)34-21-17-32(18-22-34)14-12-10-8-6-2/h15-30H,5-14H2,1-4H3/b29-27+,30-28+. The molecule has 0 bridgehead atoms. The van der Waals surface area contributed by atoms with Gasteiger partial charge in [0.15, 0.2) is 0 Å². The van der Waals surface area contributed by atoms with E-state index in [2.05, 4.69) is 98.8 Å². The topological polar surface area (TPSA) is 18.5 Å². The summed E-state index contributed by atoms with van der Waals surface area (Å²) < 4.78 is 10.8. The first kappa shape index (κ1) is 31.2. The summed E-state index contributed by atoms with van der Waals surface area (Å²) in [5, 5.41) is 2.38. The van der Waals surface area contributed by atoms with Gasteiger partial charge in [-0.3, -0.25) is 0 Å². The second kappa shape index (κ2) is 16.6. The van der Waals surface area contributed by atoms with Crippen molar-refractivity contribution in [3.63, 3.8) is 0 Å². The highest BCUT2D eigenvalue weighted by Crippen LogP contribution is 2.38. The van der Waals surface area contributed by atoms with Crippen LogP contribution in [0.5, 0.6) is 0 Å². The summed E-state index contributed by atoms with van der Waals surface area (Å²) in [7, 11) is 3.40. The summed E-state index contributed by atoms with van der Waals surface area (Å²) in [6, 6.07) is 27.3. The van der Waals surface area contributed by atoms with Crippen molar-refractivity contribution < 1.29 is 9.47 Å². The normalized spacial score (nSPS) is 11.6. The summed E-state index contributed by atoms with van der Waals surface area (Å²) >= 11 is 0. The molecule has 0 aliphatic rings. The molecule has 0 N–H and O–H groups in total. The van der Waals surface area contributed by atoms with E-state index in [0.717, 1.165) is 24.0 Å². The van der Waals surface area contributed by atoms with Crippen LogP contribution in [0.4, 0.5) is 0 Å². The number of fused-ring (bicyclic) bond motifs is 1. The Morgan fingerprint density at radius 1 is 0.476 bits per heavy atom. The summed E-state index contributed by atoms with van der Waals surface area (Å²) in [4.78, 5) is 0.